The third kappa shape index (κ3) is 3.86. The third-order valence-corrected chi connectivity index (χ3v) is 6.68. The van der Waals surface area contributed by atoms with Crippen LogP contribution in [-0.2, 0) is 0 Å². The number of piperazine rings is 1. The van der Waals surface area contributed by atoms with Crippen molar-refractivity contribution in [3.05, 3.63) is 59.7 Å². The largest absolute Gasteiger partial charge is 0.368 e. The van der Waals surface area contributed by atoms with Crippen LogP contribution >= 0.6 is 0 Å². The molecule has 176 valence electrons. The molecule has 2 atom stereocenters. The minimum absolute atomic E-state index is 0.226. The molecule has 5 rings (SSSR count). The number of amides is 1. The number of imidazole rings is 1. The molecular formula is C25H28FN7O. The Balaban J connectivity index is 1.52. The summed E-state index contributed by atoms with van der Waals surface area (Å²) in [5, 5.41) is 3.65. The van der Waals surface area contributed by atoms with E-state index in [2.05, 4.69) is 51.0 Å². The highest BCUT2D eigenvalue weighted by atomic mass is 19.1. The smallest absolute Gasteiger partial charge is 0.257 e. The van der Waals surface area contributed by atoms with Crippen LogP contribution in [0.25, 0.3) is 16.6 Å². The number of halogens is 1. The van der Waals surface area contributed by atoms with Crippen molar-refractivity contribution in [3.8, 4) is 0 Å². The number of hydrogen-bond acceptors (Lipinski definition) is 6. The Hall–Kier alpha value is -3.59. The molecule has 0 aliphatic carbocycles. The SMILES string of the molecule is Cc1cn2cc(NC(=O)c3ccc(N4C[C@@H](C)N(C)[C@@H](C)C4)c4cnc(C)nc34)cc(F)c2n1. The summed E-state index contributed by atoms with van der Waals surface area (Å²) in [4.78, 5) is 31.2. The van der Waals surface area contributed by atoms with Crippen molar-refractivity contribution in [2.45, 2.75) is 39.8 Å². The van der Waals surface area contributed by atoms with E-state index in [0.29, 0.717) is 40.4 Å². The molecule has 34 heavy (non-hydrogen) atoms. The minimum atomic E-state index is -0.498. The molecule has 4 aromatic rings. The predicted octanol–water partition coefficient (Wildman–Crippen LogP) is 3.81. The Morgan fingerprint density at radius 1 is 1.12 bits per heavy atom. The normalized spacial score (nSPS) is 19.2. The van der Waals surface area contributed by atoms with Gasteiger partial charge in [0.15, 0.2) is 11.5 Å². The van der Waals surface area contributed by atoms with Crippen molar-refractivity contribution in [3.63, 3.8) is 0 Å². The molecule has 8 nitrogen and oxygen atoms in total. The topological polar surface area (TPSA) is 78.7 Å². The molecule has 1 N–H and O–H groups in total. The maximum atomic E-state index is 14.5. The van der Waals surface area contributed by atoms with Gasteiger partial charge in [-0.2, -0.15) is 0 Å². The summed E-state index contributed by atoms with van der Waals surface area (Å²) in [7, 11) is 2.15. The van der Waals surface area contributed by atoms with Gasteiger partial charge in [0.05, 0.1) is 22.5 Å². The second-order valence-corrected chi connectivity index (χ2v) is 9.22. The van der Waals surface area contributed by atoms with Crippen LogP contribution < -0.4 is 10.2 Å². The fourth-order valence-electron chi connectivity index (χ4n) is 4.70. The van der Waals surface area contributed by atoms with Gasteiger partial charge in [-0.15, -0.1) is 0 Å². The van der Waals surface area contributed by atoms with Crippen molar-refractivity contribution in [2.75, 3.05) is 30.4 Å². The molecule has 0 unspecified atom stereocenters. The van der Waals surface area contributed by atoms with Gasteiger partial charge >= 0.3 is 0 Å². The zero-order valence-electron chi connectivity index (χ0n) is 20.0. The number of nitrogens with one attached hydrogen (secondary N) is 1. The number of aryl methyl sites for hydroxylation is 2. The van der Waals surface area contributed by atoms with Gasteiger partial charge in [-0.05, 0) is 46.9 Å². The zero-order valence-corrected chi connectivity index (χ0v) is 20.0. The number of benzene rings is 1. The van der Waals surface area contributed by atoms with Crippen LogP contribution in [0.4, 0.5) is 15.8 Å². The first-order valence-electron chi connectivity index (χ1n) is 11.4. The Labute approximate surface area is 197 Å². The number of aromatic nitrogens is 4. The number of rotatable bonds is 3. The first kappa shape index (κ1) is 22.2. The maximum absolute atomic E-state index is 14.5. The fourth-order valence-corrected chi connectivity index (χ4v) is 4.70. The summed E-state index contributed by atoms with van der Waals surface area (Å²) >= 11 is 0. The van der Waals surface area contributed by atoms with Gasteiger partial charge in [0.1, 0.15) is 5.82 Å². The van der Waals surface area contributed by atoms with Gasteiger partial charge in [0.2, 0.25) is 0 Å². The molecular weight excluding hydrogens is 433 g/mol. The predicted molar refractivity (Wildman–Crippen MR) is 131 cm³/mol. The second-order valence-electron chi connectivity index (χ2n) is 9.22. The number of carbonyl (C=O) groups is 1. The lowest BCUT2D eigenvalue weighted by molar-refractivity contribution is 0.102. The lowest BCUT2D eigenvalue weighted by atomic mass is 10.0. The average molecular weight is 462 g/mol. The Bertz CT molecular complexity index is 1400. The lowest BCUT2D eigenvalue weighted by Crippen LogP contribution is -2.55. The maximum Gasteiger partial charge on any atom is 0.257 e. The molecule has 0 spiro atoms. The Morgan fingerprint density at radius 2 is 1.85 bits per heavy atom. The van der Waals surface area contributed by atoms with E-state index in [1.807, 2.05) is 6.07 Å². The van der Waals surface area contributed by atoms with E-state index in [-0.39, 0.29) is 11.6 Å². The zero-order chi connectivity index (χ0) is 24.1. The van der Waals surface area contributed by atoms with E-state index in [0.717, 1.165) is 24.2 Å². The summed E-state index contributed by atoms with van der Waals surface area (Å²) in [6.45, 7) is 9.77. The van der Waals surface area contributed by atoms with Gasteiger partial charge in [-0.1, -0.05) is 0 Å². The van der Waals surface area contributed by atoms with E-state index in [1.165, 1.54) is 6.07 Å². The number of anilines is 2. The first-order valence-corrected chi connectivity index (χ1v) is 11.4. The summed E-state index contributed by atoms with van der Waals surface area (Å²) in [5.74, 6) is -0.270. The van der Waals surface area contributed by atoms with Crippen molar-refractivity contribution in [2.24, 2.45) is 0 Å². The summed E-state index contributed by atoms with van der Waals surface area (Å²) in [6.07, 6.45) is 5.16. The molecule has 1 saturated heterocycles. The molecule has 1 aromatic carbocycles. The highest BCUT2D eigenvalue weighted by Crippen LogP contribution is 2.31. The van der Waals surface area contributed by atoms with E-state index >= 15 is 0 Å². The monoisotopic (exact) mass is 461 g/mol. The summed E-state index contributed by atoms with van der Waals surface area (Å²) in [6, 6.07) is 5.82. The highest BCUT2D eigenvalue weighted by Gasteiger charge is 2.28. The standard InChI is InChI=1S/C25H28FN7O/c1-14-10-33-13-18(8-21(26)24(33)28-14)30-25(34)19-6-7-22(20-9-27-17(4)29-23(19)20)32-11-15(2)31(5)16(3)12-32/h6-10,13,15-16H,11-12H2,1-5H3,(H,30,34)/t15-,16+. The van der Waals surface area contributed by atoms with E-state index in [4.69, 9.17) is 0 Å². The molecule has 9 heteroatoms. The molecule has 0 radical (unpaired) electrons. The summed E-state index contributed by atoms with van der Waals surface area (Å²) < 4.78 is 16.1. The molecule has 1 aliphatic heterocycles. The van der Waals surface area contributed by atoms with Gasteiger partial charge < -0.3 is 14.6 Å². The fraction of sp³-hybridized carbons (Fsp3) is 0.360. The molecule has 4 heterocycles. The molecule has 3 aromatic heterocycles. The van der Waals surface area contributed by atoms with Crippen LogP contribution in [0.3, 0.4) is 0 Å². The van der Waals surface area contributed by atoms with Crippen molar-refractivity contribution >= 4 is 33.8 Å². The molecule has 1 aliphatic rings. The molecule has 1 amide bonds. The van der Waals surface area contributed by atoms with Crippen LogP contribution in [0.5, 0.6) is 0 Å². The number of hydrogen-bond donors (Lipinski definition) is 1. The molecule has 0 saturated carbocycles. The van der Waals surface area contributed by atoms with Crippen LogP contribution in [0.15, 0.2) is 36.8 Å². The Kier molecular flexibility index (Phi) is 5.44. The quantitative estimate of drug-likeness (QED) is 0.500. The van der Waals surface area contributed by atoms with Gasteiger partial charge in [0, 0.05) is 60.9 Å². The molecule has 1 fully saturated rings. The number of nitrogens with zero attached hydrogens (tertiary/aromatic N) is 6. The van der Waals surface area contributed by atoms with Gasteiger partial charge in [-0.3, -0.25) is 9.69 Å². The van der Waals surface area contributed by atoms with E-state index in [9.17, 15) is 9.18 Å². The number of likely N-dealkylation sites (N-methyl/N-ethyl adjacent to an activating group) is 1. The van der Waals surface area contributed by atoms with Crippen molar-refractivity contribution < 1.29 is 9.18 Å². The highest BCUT2D eigenvalue weighted by molar-refractivity contribution is 6.13. The third-order valence-electron chi connectivity index (χ3n) is 6.68. The number of pyridine rings is 1. The van der Waals surface area contributed by atoms with Crippen LogP contribution in [-0.4, -0.2) is 62.4 Å². The van der Waals surface area contributed by atoms with E-state index < -0.39 is 5.82 Å². The van der Waals surface area contributed by atoms with Crippen LogP contribution in [0, 0.1) is 19.7 Å². The van der Waals surface area contributed by atoms with Crippen molar-refractivity contribution in [1.29, 1.82) is 0 Å². The van der Waals surface area contributed by atoms with Crippen molar-refractivity contribution in [1.82, 2.24) is 24.3 Å². The Morgan fingerprint density at radius 3 is 2.59 bits per heavy atom. The lowest BCUT2D eigenvalue weighted by Gasteiger charge is -2.43. The molecule has 0 bridgehead atoms. The van der Waals surface area contributed by atoms with Gasteiger partial charge in [-0.25, -0.2) is 19.3 Å². The van der Waals surface area contributed by atoms with Crippen LogP contribution in [0.1, 0.15) is 35.7 Å². The first-order chi connectivity index (χ1) is 16.2. The van der Waals surface area contributed by atoms with Gasteiger partial charge in [0.25, 0.3) is 5.91 Å². The van der Waals surface area contributed by atoms with Crippen LogP contribution in [0.2, 0.25) is 0 Å². The summed E-state index contributed by atoms with van der Waals surface area (Å²) in [5.41, 5.74) is 3.29. The second kappa shape index (κ2) is 8.32. The average Bonchev–Trinajstić information content (AvgIpc) is 3.17. The minimum Gasteiger partial charge on any atom is -0.368 e. The van der Waals surface area contributed by atoms with E-state index in [1.54, 1.807) is 42.9 Å². The number of carbonyl (C=O) groups excluding carboxylic acids is 1. The number of fused-ring (bicyclic) bond motifs is 2.